The van der Waals surface area contributed by atoms with Crippen molar-refractivity contribution in [2.24, 2.45) is 17.8 Å². The first-order valence-corrected chi connectivity index (χ1v) is 6.71. The van der Waals surface area contributed by atoms with Crippen LogP contribution in [-0.4, -0.2) is 12.7 Å². The summed E-state index contributed by atoms with van der Waals surface area (Å²) in [5, 5.41) is 0. The molecule has 90 valence electrons. The van der Waals surface area contributed by atoms with E-state index in [2.05, 4.69) is 27.7 Å². The lowest BCUT2D eigenvalue weighted by Crippen LogP contribution is -2.26. The van der Waals surface area contributed by atoms with Crippen molar-refractivity contribution in [2.45, 2.75) is 65.9 Å². The molecule has 0 aromatic rings. The van der Waals surface area contributed by atoms with Crippen LogP contribution in [-0.2, 0) is 4.74 Å². The number of hydrogen-bond donors (Lipinski definition) is 0. The van der Waals surface area contributed by atoms with E-state index in [1.54, 1.807) is 0 Å². The Morgan fingerprint density at radius 1 is 1.00 bits per heavy atom. The molecule has 0 unspecified atom stereocenters. The lowest BCUT2D eigenvalue weighted by Gasteiger charge is -2.33. The van der Waals surface area contributed by atoms with E-state index in [0.29, 0.717) is 6.10 Å². The molecule has 1 nitrogen and oxygen atoms in total. The first-order chi connectivity index (χ1) is 7.09. The van der Waals surface area contributed by atoms with Crippen LogP contribution in [0.5, 0.6) is 0 Å². The van der Waals surface area contributed by atoms with Crippen LogP contribution in [0.4, 0.5) is 0 Å². The average Bonchev–Trinajstić information content (AvgIpc) is 2.15. The van der Waals surface area contributed by atoms with Crippen LogP contribution in [0.15, 0.2) is 0 Å². The van der Waals surface area contributed by atoms with Crippen LogP contribution in [0.1, 0.15) is 59.8 Å². The normalized spacial score (nSPS) is 27.6. The first kappa shape index (κ1) is 13.0. The second-order valence-electron chi connectivity index (χ2n) is 5.82. The van der Waals surface area contributed by atoms with Gasteiger partial charge in [0.05, 0.1) is 6.10 Å². The molecule has 1 aliphatic rings. The molecule has 0 aromatic carbocycles. The maximum absolute atomic E-state index is 5.79. The summed E-state index contributed by atoms with van der Waals surface area (Å²) in [6.45, 7) is 9.96. The summed E-state index contributed by atoms with van der Waals surface area (Å²) in [4.78, 5) is 0. The summed E-state index contributed by atoms with van der Waals surface area (Å²) < 4.78 is 5.79. The SMILES string of the molecule is CC(C)C[C@@H]1CCCC[C@@H]1COC(C)C. The van der Waals surface area contributed by atoms with Crippen LogP contribution in [0.3, 0.4) is 0 Å². The van der Waals surface area contributed by atoms with Crippen molar-refractivity contribution in [3.05, 3.63) is 0 Å². The first-order valence-electron chi connectivity index (χ1n) is 6.71. The van der Waals surface area contributed by atoms with Gasteiger partial charge in [-0.2, -0.15) is 0 Å². The zero-order chi connectivity index (χ0) is 11.3. The third kappa shape index (κ3) is 5.01. The van der Waals surface area contributed by atoms with E-state index in [1.807, 2.05) is 0 Å². The molecule has 0 heterocycles. The molecule has 0 radical (unpaired) electrons. The Kier molecular flexibility index (Phi) is 5.66. The largest absolute Gasteiger partial charge is 0.378 e. The van der Waals surface area contributed by atoms with Gasteiger partial charge >= 0.3 is 0 Å². The second-order valence-corrected chi connectivity index (χ2v) is 5.82. The fraction of sp³-hybridized carbons (Fsp3) is 1.00. The Morgan fingerprint density at radius 2 is 1.60 bits per heavy atom. The highest BCUT2D eigenvalue weighted by Crippen LogP contribution is 2.34. The highest BCUT2D eigenvalue weighted by Gasteiger charge is 2.25. The van der Waals surface area contributed by atoms with Gasteiger partial charge in [-0.15, -0.1) is 0 Å². The topological polar surface area (TPSA) is 9.23 Å². The maximum Gasteiger partial charge on any atom is 0.0519 e. The van der Waals surface area contributed by atoms with Crippen molar-refractivity contribution in [2.75, 3.05) is 6.61 Å². The molecule has 0 bridgehead atoms. The van der Waals surface area contributed by atoms with E-state index in [9.17, 15) is 0 Å². The Bertz CT molecular complexity index is 163. The van der Waals surface area contributed by atoms with Gasteiger partial charge in [0.25, 0.3) is 0 Å². The Hall–Kier alpha value is -0.0400. The predicted octanol–water partition coefficient (Wildman–Crippen LogP) is 4.26. The van der Waals surface area contributed by atoms with Crippen molar-refractivity contribution in [1.82, 2.24) is 0 Å². The third-order valence-electron chi connectivity index (χ3n) is 3.48. The molecule has 0 aromatic heterocycles. The highest BCUT2D eigenvalue weighted by molar-refractivity contribution is 4.76. The third-order valence-corrected chi connectivity index (χ3v) is 3.48. The quantitative estimate of drug-likeness (QED) is 0.661. The van der Waals surface area contributed by atoms with E-state index in [0.717, 1.165) is 24.4 Å². The number of rotatable bonds is 5. The lowest BCUT2D eigenvalue weighted by atomic mass is 9.76. The van der Waals surface area contributed by atoms with Crippen LogP contribution in [0, 0.1) is 17.8 Å². The molecule has 1 fully saturated rings. The van der Waals surface area contributed by atoms with Crippen molar-refractivity contribution in [1.29, 1.82) is 0 Å². The minimum Gasteiger partial charge on any atom is -0.378 e. The van der Waals surface area contributed by atoms with Gasteiger partial charge in [0, 0.05) is 6.61 Å². The second kappa shape index (κ2) is 6.52. The summed E-state index contributed by atoms with van der Waals surface area (Å²) in [6.07, 6.45) is 7.48. The molecular formula is C14H28O. The summed E-state index contributed by atoms with van der Waals surface area (Å²) in [7, 11) is 0. The molecule has 0 amide bonds. The van der Waals surface area contributed by atoms with Crippen molar-refractivity contribution in [3.63, 3.8) is 0 Å². The molecule has 0 N–H and O–H groups in total. The molecule has 0 aliphatic heterocycles. The predicted molar refractivity (Wildman–Crippen MR) is 66.0 cm³/mol. The van der Waals surface area contributed by atoms with Gasteiger partial charge in [0.2, 0.25) is 0 Å². The zero-order valence-electron chi connectivity index (χ0n) is 11.0. The van der Waals surface area contributed by atoms with Gasteiger partial charge in [-0.05, 0) is 44.4 Å². The lowest BCUT2D eigenvalue weighted by molar-refractivity contribution is 0.0183. The van der Waals surface area contributed by atoms with E-state index >= 15 is 0 Å². The molecule has 15 heavy (non-hydrogen) atoms. The smallest absolute Gasteiger partial charge is 0.0519 e. The molecule has 1 rings (SSSR count). The number of ether oxygens (including phenoxy) is 1. The summed E-state index contributed by atoms with van der Waals surface area (Å²) in [5.74, 6) is 2.61. The molecule has 1 saturated carbocycles. The van der Waals surface area contributed by atoms with E-state index in [4.69, 9.17) is 4.74 Å². The van der Waals surface area contributed by atoms with Gasteiger partial charge in [-0.3, -0.25) is 0 Å². The van der Waals surface area contributed by atoms with Gasteiger partial charge in [0.15, 0.2) is 0 Å². The van der Waals surface area contributed by atoms with Gasteiger partial charge < -0.3 is 4.74 Å². The van der Waals surface area contributed by atoms with E-state index in [1.165, 1.54) is 32.1 Å². The Morgan fingerprint density at radius 3 is 2.13 bits per heavy atom. The van der Waals surface area contributed by atoms with E-state index in [-0.39, 0.29) is 0 Å². The summed E-state index contributed by atoms with van der Waals surface area (Å²) in [6, 6.07) is 0. The minimum atomic E-state index is 0.395. The molecule has 0 spiro atoms. The van der Waals surface area contributed by atoms with Gasteiger partial charge in [-0.25, -0.2) is 0 Å². The monoisotopic (exact) mass is 212 g/mol. The fourth-order valence-electron chi connectivity index (χ4n) is 2.74. The van der Waals surface area contributed by atoms with Crippen molar-refractivity contribution in [3.8, 4) is 0 Å². The van der Waals surface area contributed by atoms with Crippen molar-refractivity contribution >= 4 is 0 Å². The van der Waals surface area contributed by atoms with Crippen molar-refractivity contribution < 1.29 is 4.74 Å². The molecule has 2 atom stereocenters. The summed E-state index contributed by atoms with van der Waals surface area (Å²) >= 11 is 0. The molecule has 0 saturated heterocycles. The van der Waals surface area contributed by atoms with Gasteiger partial charge in [0.1, 0.15) is 0 Å². The van der Waals surface area contributed by atoms with Crippen LogP contribution in [0.25, 0.3) is 0 Å². The average molecular weight is 212 g/mol. The molecule has 1 heteroatoms. The number of hydrogen-bond acceptors (Lipinski definition) is 1. The molecular weight excluding hydrogens is 184 g/mol. The maximum atomic E-state index is 5.79. The minimum absolute atomic E-state index is 0.395. The fourth-order valence-corrected chi connectivity index (χ4v) is 2.74. The van der Waals surface area contributed by atoms with Crippen LogP contribution >= 0.6 is 0 Å². The summed E-state index contributed by atoms with van der Waals surface area (Å²) in [5.41, 5.74) is 0. The van der Waals surface area contributed by atoms with Crippen LogP contribution in [0.2, 0.25) is 0 Å². The highest BCUT2D eigenvalue weighted by atomic mass is 16.5. The van der Waals surface area contributed by atoms with E-state index < -0.39 is 0 Å². The molecule has 1 aliphatic carbocycles. The standard InChI is InChI=1S/C14H28O/c1-11(2)9-13-7-5-6-8-14(13)10-15-12(3)4/h11-14H,5-10H2,1-4H3/t13-,14+/m0/s1. The van der Waals surface area contributed by atoms with Crippen LogP contribution < -0.4 is 0 Å². The zero-order valence-corrected chi connectivity index (χ0v) is 11.0. The Balaban J connectivity index is 2.35. The van der Waals surface area contributed by atoms with Gasteiger partial charge in [-0.1, -0.05) is 33.1 Å². The Labute approximate surface area is 95.6 Å².